The molecule has 1 fully saturated rings. The van der Waals surface area contributed by atoms with Crippen LogP contribution in [0.15, 0.2) is 4.42 Å². The fourth-order valence-electron chi connectivity index (χ4n) is 2.60. The number of aromatic nitrogens is 1. The molecule has 1 atom stereocenters. The van der Waals surface area contributed by atoms with E-state index in [2.05, 4.69) is 9.88 Å². The van der Waals surface area contributed by atoms with Gasteiger partial charge in [0.05, 0.1) is 17.8 Å². The van der Waals surface area contributed by atoms with Gasteiger partial charge in [-0.25, -0.2) is 4.98 Å². The van der Waals surface area contributed by atoms with Crippen LogP contribution in [0, 0.1) is 13.8 Å². The van der Waals surface area contributed by atoms with Crippen molar-refractivity contribution in [3.63, 3.8) is 0 Å². The maximum atomic E-state index is 10.1. The summed E-state index contributed by atoms with van der Waals surface area (Å²) in [4.78, 5) is 6.67. The van der Waals surface area contributed by atoms with Crippen LogP contribution in [0.5, 0.6) is 0 Å². The van der Waals surface area contributed by atoms with Crippen molar-refractivity contribution in [2.24, 2.45) is 0 Å². The Morgan fingerprint density at radius 1 is 1.47 bits per heavy atom. The summed E-state index contributed by atoms with van der Waals surface area (Å²) in [5.74, 6) is 1.65. The second-order valence-electron chi connectivity index (χ2n) is 5.53. The summed E-state index contributed by atoms with van der Waals surface area (Å²) in [6.07, 6.45) is 2.18. The number of oxazole rings is 1. The van der Waals surface area contributed by atoms with Crippen molar-refractivity contribution in [3.05, 3.63) is 17.3 Å². The van der Waals surface area contributed by atoms with Gasteiger partial charge in [-0.05, 0) is 47.1 Å². The van der Waals surface area contributed by atoms with E-state index in [0.29, 0.717) is 6.54 Å². The van der Waals surface area contributed by atoms with Crippen molar-refractivity contribution in [2.45, 2.75) is 58.7 Å². The molecule has 4 heteroatoms. The van der Waals surface area contributed by atoms with E-state index in [9.17, 15) is 5.11 Å². The molecular formula is C13H22N2O2. The van der Waals surface area contributed by atoms with Crippen LogP contribution in [0.3, 0.4) is 0 Å². The highest BCUT2D eigenvalue weighted by Crippen LogP contribution is 2.28. The number of rotatable bonds is 3. The van der Waals surface area contributed by atoms with Crippen molar-refractivity contribution in [1.29, 1.82) is 0 Å². The third-order valence-electron chi connectivity index (χ3n) is 3.59. The molecule has 0 aliphatic carbocycles. The van der Waals surface area contributed by atoms with Crippen molar-refractivity contribution in [2.75, 3.05) is 6.54 Å². The van der Waals surface area contributed by atoms with Crippen molar-refractivity contribution >= 4 is 0 Å². The molecule has 1 saturated heterocycles. The number of hydrogen-bond donors (Lipinski definition) is 1. The lowest BCUT2D eigenvalue weighted by molar-refractivity contribution is -0.00731. The van der Waals surface area contributed by atoms with Gasteiger partial charge >= 0.3 is 0 Å². The molecule has 1 aliphatic rings. The summed E-state index contributed by atoms with van der Waals surface area (Å²) in [5.41, 5.74) is 0.298. The first-order valence-electron chi connectivity index (χ1n) is 6.27. The molecule has 1 aromatic rings. The second kappa shape index (κ2) is 4.42. The fraction of sp³-hybridized carbons (Fsp3) is 0.769. The Morgan fingerprint density at radius 3 is 2.71 bits per heavy atom. The van der Waals surface area contributed by atoms with E-state index in [4.69, 9.17) is 4.42 Å². The van der Waals surface area contributed by atoms with Gasteiger partial charge < -0.3 is 9.52 Å². The lowest BCUT2D eigenvalue weighted by Gasteiger charge is -2.33. The zero-order valence-corrected chi connectivity index (χ0v) is 11.2. The number of aryl methyl sites for hydroxylation is 2. The molecule has 0 bridgehead atoms. The molecule has 2 rings (SSSR count). The van der Waals surface area contributed by atoms with Crippen molar-refractivity contribution in [1.82, 2.24) is 9.88 Å². The van der Waals surface area contributed by atoms with Crippen LogP contribution in [-0.4, -0.2) is 33.2 Å². The number of nitrogens with zero attached hydrogens (tertiary/aromatic N) is 2. The normalized spacial score (nSPS) is 22.3. The van der Waals surface area contributed by atoms with Crippen LogP contribution in [0.4, 0.5) is 0 Å². The Labute approximate surface area is 103 Å². The van der Waals surface area contributed by atoms with Gasteiger partial charge in [0.15, 0.2) is 0 Å². The first kappa shape index (κ1) is 12.6. The highest BCUT2D eigenvalue weighted by molar-refractivity contribution is 5.05. The molecule has 1 aromatic heterocycles. The number of likely N-dealkylation sites (tertiary alicyclic amines) is 1. The van der Waals surface area contributed by atoms with Gasteiger partial charge in [-0.1, -0.05) is 0 Å². The highest BCUT2D eigenvalue weighted by Gasteiger charge is 2.36. The Morgan fingerprint density at radius 2 is 2.18 bits per heavy atom. The van der Waals surface area contributed by atoms with Gasteiger partial charge in [-0.2, -0.15) is 0 Å². The fourth-order valence-corrected chi connectivity index (χ4v) is 2.60. The van der Waals surface area contributed by atoms with Crippen LogP contribution in [0.1, 0.15) is 44.0 Å². The van der Waals surface area contributed by atoms with Gasteiger partial charge in [-0.15, -0.1) is 0 Å². The molecule has 0 saturated carbocycles. The molecule has 0 radical (unpaired) electrons. The molecule has 96 valence electrons. The van der Waals surface area contributed by atoms with E-state index in [1.54, 1.807) is 0 Å². The maximum absolute atomic E-state index is 10.1. The van der Waals surface area contributed by atoms with Crippen molar-refractivity contribution < 1.29 is 9.52 Å². The molecular weight excluding hydrogens is 216 g/mol. The van der Waals surface area contributed by atoms with Crippen LogP contribution in [0.2, 0.25) is 0 Å². The minimum Gasteiger partial charge on any atom is -0.444 e. The van der Waals surface area contributed by atoms with Crippen LogP contribution >= 0.6 is 0 Å². The van der Waals surface area contributed by atoms with E-state index < -0.39 is 5.60 Å². The third kappa shape index (κ3) is 2.69. The van der Waals surface area contributed by atoms with Crippen LogP contribution in [-0.2, 0) is 6.54 Å². The van der Waals surface area contributed by atoms with Crippen LogP contribution in [0.25, 0.3) is 0 Å². The average molecular weight is 238 g/mol. The van der Waals surface area contributed by atoms with Gasteiger partial charge in [-0.3, -0.25) is 4.90 Å². The number of aliphatic hydroxyl groups is 1. The molecule has 4 nitrogen and oxygen atoms in total. The topological polar surface area (TPSA) is 49.5 Å². The highest BCUT2D eigenvalue weighted by atomic mass is 16.4. The quantitative estimate of drug-likeness (QED) is 0.875. The number of hydrogen-bond acceptors (Lipinski definition) is 4. The molecule has 1 aliphatic heterocycles. The summed E-state index contributed by atoms with van der Waals surface area (Å²) in [5, 5.41) is 10.1. The maximum Gasteiger partial charge on any atom is 0.208 e. The first-order valence-corrected chi connectivity index (χ1v) is 6.27. The Balaban J connectivity index is 2.08. The summed E-state index contributed by atoms with van der Waals surface area (Å²) < 4.78 is 5.60. The lowest BCUT2D eigenvalue weighted by Crippen LogP contribution is -2.45. The van der Waals surface area contributed by atoms with Gasteiger partial charge in [0, 0.05) is 6.04 Å². The Bertz CT molecular complexity index is 373. The molecule has 0 amide bonds. The zero-order valence-electron chi connectivity index (χ0n) is 11.2. The summed E-state index contributed by atoms with van der Waals surface area (Å²) in [6, 6.07) is 0.204. The molecule has 2 heterocycles. The summed E-state index contributed by atoms with van der Waals surface area (Å²) in [7, 11) is 0. The minimum absolute atomic E-state index is 0.204. The predicted octanol–water partition coefficient (Wildman–Crippen LogP) is 2.03. The lowest BCUT2D eigenvalue weighted by atomic mass is 9.97. The van der Waals surface area contributed by atoms with E-state index >= 15 is 0 Å². The molecule has 0 spiro atoms. The third-order valence-corrected chi connectivity index (χ3v) is 3.59. The van der Waals surface area contributed by atoms with Gasteiger partial charge in [0.2, 0.25) is 5.89 Å². The summed E-state index contributed by atoms with van der Waals surface area (Å²) in [6.45, 7) is 9.35. The Kier molecular flexibility index (Phi) is 3.27. The van der Waals surface area contributed by atoms with E-state index in [0.717, 1.165) is 36.7 Å². The standard InChI is InChI=1S/C13H22N2O2/c1-9-10(2)17-12(14-9)8-15-7-5-6-11(15)13(3,4)16/h11,16H,5-8H2,1-4H3. The molecule has 0 aromatic carbocycles. The average Bonchev–Trinajstić information content (AvgIpc) is 2.74. The van der Waals surface area contributed by atoms with E-state index in [1.165, 1.54) is 0 Å². The minimum atomic E-state index is -0.660. The molecule has 1 N–H and O–H groups in total. The Hall–Kier alpha value is -0.870. The predicted molar refractivity (Wildman–Crippen MR) is 65.7 cm³/mol. The van der Waals surface area contributed by atoms with Crippen molar-refractivity contribution in [3.8, 4) is 0 Å². The SMILES string of the molecule is Cc1nc(CN2CCCC2C(C)(C)O)oc1C. The zero-order chi connectivity index (χ0) is 12.6. The molecule has 17 heavy (non-hydrogen) atoms. The van der Waals surface area contributed by atoms with E-state index in [1.807, 2.05) is 27.7 Å². The second-order valence-corrected chi connectivity index (χ2v) is 5.53. The van der Waals surface area contributed by atoms with Gasteiger partial charge in [0.1, 0.15) is 5.76 Å². The molecule has 1 unspecified atom stereocenters. The smallest absolute Gasteiger partial charge is 0.208 e. The van der Waals surface area contributed by atoms with Crippen LogP contribution < -0.4 is 0 Å². The first-order chi connectivity index (χ1) is 7.88. The van der Waals surface area contributed by atoms with Gasteiger partial charge in [0.25, 0.3) is 0 Å². The largest absolute Gasteiger partial charge is 0.444 e. The monoisotopic (exact) mass is 238 g/mol. The van der Waals surface area contributed by atoms with E-state index in [-0.39, 0.29) is 6.04 Å². The summed E-state index contributed by atoms with van der Waals surface area (Å²) >= 11 is 0.